The Morgan fingerprint density at radius 3 is 2.74 bits per heavy atom. The van der Waals surface area contributed by atoms with Gasteiger partial charge in [-0.05, 0) is 18.9 Å². The Bertz CT molecular complexity index is 500. The highest BCUT2D eigenvalue weighted by Gasteiger charge is 2.03. The van der Waals surface area contributed by atoms with Crippen LogP contribution in [0.4, 0.5) is 11.8 Å². The van der Waals surface area contributed by atoms with E-state index in [0.29, 0.717) is 18.5 Å². The van der Waals surface area contributed by atoms with Crippen molar-refractivity contribution in [3.63, 3.8) is 0 Å². The Morgan fingerprint density at radius 1 is 1.21 bits per heavy atom. The highest BCUT2D eigenvalue weighted by Crippen LogP contribution is 2.08. The molecule has 1 unspecified atom stereocenters. The van der Waals surface area contributed by atoms with Gasteiger partial charge in [0.1, 0.15) is 0 Å². The van der Waals surface area contributed by atoms with Crippen LogP contribution in [0.2, 0.25) is 0 Å². The molecule has 5 heteroatoms. The van der Waals surface area contributed by atoms with Crippen molar-refractivity contribution in [1.29, 1.82) is 0 Å². The third-order valence-electron chi connectivity index (χ3n) is 2.86. The Morgan fingerprint density at radius 2 is 2.00 bits per heavy atom. The molecule has 2 N–H and O–H groups in total. The van der Waals surface area contributed by atoms with Gasteiger partial charge >= 0.3 is 0 Å². The van der Waals surface area contributed by atoms with Gasteiger partial charge < -0.3 is 10.6 Å². The molecule has 0 spiro atoms. The summed E-state index contributed by atoms with van der Waals surface area (Å²) in [5.41, 5.74) is 1.19. The van der Waals surface area contributed by atoms with E-state index in [9.17, 15) is 0 Å². The molecule has 0 bridgehead atoms. The van der Waals surface area contributed by atoms with Crippen LogP contribution in [0.3, 0.4) is 0 Å². The van der Waals surface area contributed by atoms with Crippen LogP contribution in [0.5, 0.6) is 0 Å². The van der Waals surface area contributed by atoms with E-state index in [4.69, 9.17) is 0 Å². The van der Waals surface area contributed by atoms with E-state index in [1.165, 1.54) is 5.56 Å². The Balaban J connectivity index is 1.95. The smallest absolute Gasteiger partial charge is 0.244 e. The molecule has 1 heterocycles. The van der Waals surface area contributed by atoms with Crippen LogP contribution in [0.25, 0.3) is 0 Å². The molecule has 19 heavy (non-hydrogen) atoms. The molecule has 0 aliphatic carbocycles. The van der Waals surface area contributed by atoms with Crippen LogP contribution >= 0.6 is 0 Å². The van der Waals surface area contributed by atoms with Crippen LogP contribution in [0, 0.1) is 0 Å². The predicted octanol–water partition coefficient (Wildman–Crippen LogP) is 2.69. The minimum Gasteiger partial charge on any atom is -0.366 e. The van der Waals surface area contributed by atoms with Gasteiger partial charge in [0.05, 0.1) is 6.20 Å². The van der Waals surface area contributed by atoms with Crippen molar-refractivity contribution in [1.82, 2.24) is 15.2 Å². The van der Waals surface area contributed by atoms with Gasteiger partial charge in [-0.1, -0.05) is 37.3 Å². The maximum Gasteiger partial charge on any atom is 0.244 e. The van der Waals surface area contributed by atoms with Crippen molar-refractivity contribution < 1.29 is 0 Å². The Labute approximate surface area is 113 Å². The molecule has 1 aromatic heterocycles. The largest absolute Gasteiger partial charge is 0.366 e. The van der Waals surface area contributed by atoms with Gasteiger partial charge in [-0.3, -0.25) is 0 Å². The summed E-state index contributed by atoms with van der Waals surface area (Å²) in [7, 11) is 0. The lowest BCUT2D eigenvalue weighted by Gasteiger charge is -2.12. The van der Waals surface area contributed by atoms with Crippen molar-refractivity contribution in [2.24, 2.45) is 0 Å². The van der Waals surface area contributed by atoms with Crippen LogP contribution in [0.1, 0.15) is 25.8 Å². The van der Waals surface area contributed by atoms with Gasteiger partial charge in [-0.2, -0.15) is 10.1 Å². The highest BCUT2D eigenvalue weighted by molar-refractivity contribution is 5.38. The zero-order valence-electron chi connectivity index (χ0n) is 11.3. The van der Waals surface area contributed by atoms with Gasteiger partial charge in [0, 0.05) is 12.6 Å². The lowest BCUT2D eigenvalue weighted by molar-refractivity contribution is 0.755. The minimum absolute atomic E-state index is 0.374. The predicted molar refractivity (Wildman–Crippen MR) is 77.0 cm³/mol. The molecule has 0 saturated heterocycles. The van der Waals surface area contributed by atoms with E-state index in [1.807, 2.05) is 18.2 Å². The summed E-state index contributed by atoms with van der Waals surface area (Å²) in [6, 6.07) is 10.5. The first-order valence-corrected chi connectivity index (χ1v) is 6.52. The highest BCUT2D eigenvalue weighted by atomic mass is 15.3. The average Bonchev–Trinajstić information content (AvgIpc) is 2.46. The molecule has 0 aliphatic heterocycles. The summed E-state index contributed by atoms with van der Waals surface area (Å²) in [6.07, 6.45) is 2.68. The van der Waals surface area contributed by atoms with Crippen molar-refractivity contribution in [2.75, 3.05) is 10.6 Å². The summed E-state index contributed by atoms with van der Waals surface area (Å²) in [5.74, 6) is 1.29. The topological polar surface area (TPSA) is 62.7 Å². The molecule has 1 aromatic carbocycles. The molecule has 0 radical (unpaired) electrons. The van der Waals surface area contributed by atoms with Crippen molar-refractivity contribution in [3.8, 4) is 0 Å². The molecule has 1 atom stereocenters. The van der Waals surface area contributed by atoms with Crippen LogP contribution in [-0.4, -0.2) is 21.2 Å². The number of hydrogen-bond donors (Lipinski definition) is 2. The second-order valence-electron chi connectivity index (χ2n) is 4.46. The zero-order chi connectivity index (χ0) is 13.5. The summed E-state index contributed by atoms with van der Waals surface area (Å²) >= 11 is 0. The standard InChI is InChI=1S/C14H19N5/c1-3-11(2)17-13-10-16-19-14(18-13)15-9-12-7-5-4-6-8-12/h4-8,10-11H,3,9H2,1-2H3,(H2,15,17,18,19). The molecule has 0 saturated carbocycles. The van der Waals surface area contributed by atoms with Gasteiger partial charge in [0.15, 0.2) is 5.82 Å². The fourth-order valence-electron chi connectivity index (χ4n) is 1.58. The second kappa shape index (κ2) is 6.68. The van der Waals surface area contributed by atoms with E-state index in [-0.39, 0.29) is 0 Å². The van der Waals surface area contributed by atoms with E-state index in [0.717, 1.165) is 12.2 Å². The normalized spacial score (nSPS) is 11.9. The molecular weight excluding hydrogens is 238 g/mol. The van der Waals surface area contributed by atoms with E-state index in [2.05, 4.69) is 51.8 Å². The molecule has 2 rings (SSSR count). The molecule has 0 aliphatic rings. The van der Waals surface area contributed by atoms with E-state index >= 15 is 0 Å². The number of rotatable bonds is 6. The van der Waals surface area contributed by atoms with Gasteiger partial charge in [-0.25, -0.2) is 0 Å². The van der Waals surface area contributed by atoms with Crippen molar-refractivity contribution >= 4 is 11.8 Å². The van der Waals surface area contributed by atoms with E-state index in [1.54, 1.807) is 6.20 Å². The maximum absolute atomic E-state index is 4.38. The monoisotopic (exact) mass is 257 g/mol. The third kappa shape index (κ3) is 4.21. The summed E-state index contributed by atoms with van der Waals surface area (Å²) < 4.78 is 0. The first-order valence-electron chi connectivity index (χ1n) is 6.52. The maximum atomic E-state index is 4.38. The average molecular weight is 257 g/mol. The molecular formula is C14H19N5. The summed E-state index contributed by atoms with van der Waals surface area (Å²) in [4.78, 5) is 4.38. The second-order valence-corrected chi connectivity index (χ2v) is 4.46. The molecule has 2 aromatic rings. The SMILES string of the molecule is CCC(C)Nc1cnnc(NCc2ccccc2)n1. The Kier molecular flexibility index (Phi) is 4.66. The Hall–Kier alpha value is -2.17. The van der Waals surface area contributed by atoms with Crippen LogP contribution in [-0.2, 0) is 6.54 Å². The molecule has 0 amide bonds. The number of nitrogens with zero attached hydrogens (tertiary/aromatic N) is 3. The number of anilines is 2. The molecule has 100 valence electrons. The number of benzene rings is 1. The molecule has 0 fully saturated rings. The van der Waals surface area contributed by atoms with Crippen molar-refractivity contribution in [2.45, 2.75) is 32.9 Å². The quantitative estimate of drug-likeness (QED) is 0.833. The van der Waals surface area contributed by atoms with Crippen LogP contribution < -0.4 is 10.6 Å². The van der Waals surface area contributed by atoms with Crippen LogP contribution in [0.15, 0.2) is 36.5 Å². The van der Waals surface area contributed by atoms with E-state index < -0.39 is 0 Å². The van der Waals surface area contributed by atoms with Gasteiger partial charge in [0.25, 0.3) is 0 Å². The lowest BCUT2D eigenvalue weighted by atomic mass is 10.2. The first kappa shape index (κ1) is 13.3. The van der Waals surface area contributed by atoms with Crippen molar-refractivity contribution in [3.05, 3.63) is 42.1 Å². The first-order chi connectivity index (χ1) is 9.28. The summed E-state index contributed by atoms with van der Waals surface area (Å²) in [5, 5.41) is 14.4. The van der Waals surface area contributed by atoms with Gasteiger partial charge in [0.2, 0.25) is 5.95 Å². The summed E-state index contributed by atoms with van der Waals surface area (Å²) in [6.45, 7) is 4.93. The number of nitrogens with one attached hydrogen (secondary N) is 2. The van der Waals surface area contributed by atoms with Gasteiger partial charge in [-0.15, -0.1) is 5.10 Å². The zero-order valence-corrected chi connectivity index (χ0v) is 11.3. The number of hydrogen-bond acceptors (Lipinski definition) is 5. The fourth-order valence-corrected chi connectivity index (χ4v) is 1.58. The molecule has 5 nitrogen and oxygen atoms in total. The number of aromatic nitrogens is 3. The fraction of sp³-hybridized carbons (Fsp3) is 0.357. The lowest BCUT2D eigenvalue weighted by Crippen LogP contribution is -2.16. The third-order valence-corrected chi connectivity index (χ3v) is 2.86. The minimum atomic E-state index is 0.374.